The maximum Gasteiger partial charge on any atom is 0.320 e. The number of hydrogen-bond acceptors (Lipinski definition) is 7. The first-order valence-electron chi connectivity index (χ1n) is 9.37. The minimum Gasteiger partial charge on any atom is -0.480 e. The Balaban J connectivity index is 1.63. The molecule has 3 rings (SSSR count). The van der Waals surface area contributed by atoms with Gasteiger partial charge in [-0.3, -0.25) is 14.6 Å². The lowest BCUT2D eigenvalue weighted by Gasteiger charge is -2.16. The number of nitrogens with two attached hydrogens (primary N) is 3. The van der Waals surface area contributed by atoms with Gasteiger partial charge in [-0.2, -0.15) is 0 Å². The molecule has 1 heterocycles. The second-order valence-electron chi connectivity index (χ2n) is 6.82. The van der Waals surface area contributed by atoms with E-state index in [0.717, 1.165) is 11.1 Å². The Kier molecular flexibility index (Phi) is 7.03. The van der Waals surface area contributed by atoms with Gasteiger partial charge < -0.3 is 21.9 Å². The number of thiophene rings is 1. The van der Waals surface area contributed by atoms with Crippen LogP contribution in [0.1, 0.15) is 20.8 Å². The summed E-state index contributed by atoms with van der Waals surface area (Å²) in [6.07, 6.45) is 1.81. The summed E-state index contributed by atoms with van der Waals surface area (Å²) in [4.78, 5) is 23.6. The molecular formula is C22H23N5O3S. The Bertz CT molecular complexity index is 1060. The number of carbonyl (C=O) groups excluding carboxylic acids is 1. The van der Waals surface area contributed by atoms with Crippen LogP contribution in [0.15, 0.2) is 72.2 Å². The van der Waals surface area contributed by atoms with Crippen LogP contribution in [0.2, 0.25) is 0 Å². The van der Waals surface area contributed by atoms with Crippen molar-refractivity contribution in [2.45, 2.75) is 12.5 Å². The van der Waals surface area contributed by atoms with Crippen molar-refractivity contribution in [2.24, 2.45) is 17.3 Å². The van der Waals surface area contributed by atoms with E-state index < -0.39 is 12.0 Å². The molecule has 8 N–H and O–H groups in total. The normalized spacial score (nSPS) is 12.3. The molecule has 0 saturated heterocycles. The van der Waals surface area contributed by atoms with Gasteiger partial charge in [-0.1, -0.05) is 30.3 Å². The van der Waals surface area contributed by atoms with Gasteiger partial charge in [0.05, 0.1) is 16.3 Å². The zero-order valence-corrected chi connectivity index (χ0v) is 17.4. The van der Waals surface area contributed by atoms with Crippen LogP contribution in [0.5, 0.6) is 0 Å². The van der Waals surface area contributed by atoms with Gasteiger partial charge in [-0.25, -0.2) is 5.84 Å². The van der Waals surface area contributed by atoms with E-state index in [-0.39, 0.29) is 12.3 Å². The summed E-state index contributed by atoms with van der Waals surface area (Å²) in [5.74, 6) is 4.88. The highest BCUT2D eigenvalue weighted by Gasteiger charge is 2.12. The summed E-state index contributed by atoms with van der Waals surface area (Å²) < 4.78 is 0. The van der Waals surface area contributed by atoms with Crippen molar-refractivity contribution in [1.82, 2.24) is 0 Å². The fourth-order valence-electron chi connectivity index (χ4n) is 2.79. The number of aliphatic carboxylic acids is 1. The van der Waals surface area contributed by atoms with Gasteiger partial charge in [-0.05, 0) is 53.3 Å². The Morgan fingerprint density at radius 3 is 2.35 bits per heavy atom. The number of carbonyl (C=O) groups is 2. The summed E-state index contributed by atoms with van der Waals surface area (Å²) in [6.45, 7) is 0. The van der Waals surface area contributed by atoms with E-state index >= 15 is 0 Å². The number of benzene rings is 2. The minimum absolute atomic E-state index is 0.160. The average Bonchev–Trinajstić information content (AvgIpc) is 3.29. The van der Waals surface area contributed by atoms with Crippen LogP contribution in [-0.2, 0) is 11.2 Å². The molecule has 0 spiro atoms. The van der Waals surface area contributed by atoms with Crippen molar-refractivity contribution in [3.05, 3.63) is 88.2 Å². The lowest BCUT2D eigenvalue weighted by atomic mass is 10.1. The summed E-state index contributed by atoms with van der Waals surface area (Å²) in [5, 5.41) is 15.0. The van der Waals surface area contributed by atoms with E-state index in [2.05, 4.69) is 5.32 Å². The van der Waals surface area contributed by atoms with Gasteiger partial charge in [0.2, 0.25) is 0 Å². The molecule has 3 aromatic rings. The molecule has 1 amide bonds. The third kappa shape index (κ3) is 5.92. The Labute approximate surface area is 183 Å². The van der Waals surface area contributed by atoms with Crippen LogP contribution in [-0.4, -0.2) is 23.0 Å². The summed E-state index contributed by atoms with van der Waals surface area (Å²) >= 11 is 1.37. The van der Waals surface area contributed by atoms with Crippen LogP contribution in [0.4, 0.5) is 11.4 Å². The number of nitrogens with one attached hydrogen (secondary N) is 1. The molecular weight excluding hydrogens is 414 g/mol. The fourth-order valence-corrected chi connectivity index (χ4v) is 3.41. The van der Waals surface area contributed by atoms with E-state index in [0.29, 0.717) is 21.9 Å². The first-order valence-corrected chi connectivity index (χ1v) is 10.3. The smallest absolute Gasteiger partial charge is 0.320 e. The number of hydrazine groups is 1. The summed E-state index contributed by atoms with van der Waals surface area (Å²) in [5.41, 5.74) is 15.0. The summed E-state index contributed by atoms with van der Waals surface area (Å²) in [6, 6.07) is 16.8. The van der Waals surface area contributed by atoms with Crippen LogP contribution < -0.4 is 27.6 Å². The fraction of sp³-hybridized carbons (Fsp3) is 0.0909. The minimum atomic E-state index is -1.04. The largest absolute Gasteiger partial charge is 0.480 e. The third-order valence-electron chi connectivity index (χ3n) is 4.51. The predicted molar refractivity (Wildman–Crippen MR) is 123 cm³/mol. The SMILES string of the molecule is N/C(=C\N(N)c1ccc(CC(N)C(=O)O)cc1)c1ccc(NC(=O)c2cccs2)cc1. The van der Waals surface area contributed by atoms with Gasteiger partial charge in [0.25, 0.3) is 5.91 Å². The number of rotatable bonds is 8. The van der Waals surface area contributed by atoms with Crippen molar-refractivity contribution >= 4 is 40.3 Å². The maximum atomic E-state index is 12.1. The third-order valence-corrected chi connectivity index (χ3v) is 5.38. The van der Waals surface area contributed by atoms with Crippen molar-refractivity contribution < 1.29 is 14.7 Å². The van der Waals surface area contributed by atoms with Crippen molar-refractivity contribution in [3.8, 4) is 0 Å². The Hall–Kier alpha value is -3.66. The van der Waals surface area contributed by atoms with Gasteiger partial charge in [0, 0.05) is 11.9 Å². The van der Waals surface area contributed by atoms with Crippen LogP contribution in [0.25, 0.3) is 5.70 Å². The summed E-state index contributed by atoms with van der Waals surface area (Å²) in [7, 11) is 0. The highest BCUT2D eigenvalue weighted by atomic mass is 32.1. The lowest BCUT2D eigenvalue weighted by Crippen LogP contribution is -2.32. The maximum absolute atomic E-state index is 12.1. The highest BCUT2D eigenvalue weighted by Crippen LogP contribution is 2.19. The second kappa shape index (κ2) is 9.90. The molecule has 0 aliphatic rings. The molecule has 0 aliphatic carbocycles. The zero-order chi connectivity index (χ0) is 22.4. The molecule has 0 saturated carbocycles. The van der Waals surface area contributed by atoms with Crippen molar-refractivity contribution in [3.63, 3.8) is 0 Å². The van der Waals surface area contributed by atoms with E-state index in [4.69, 9.17) is 22.4 Å². The molecule has 0 fully saturated rings. The molecule has 0 radical (unpaired) electrons. The van der Waals surface area contributed by atoms with Crippen LogP contribution in [0.3, 0.4) is 0 Å². The van der Waals surface area contributed by atoms with Gasteiger partial charge >= 0.3 is 5.97 Å². The van der Waals surface area contributed by atoms with E-state index in [1.54, 1.807) is 60.8 Å². The molecule has 9 heteroatoms. The molecule has 160 valence electrons. The van der Waals surface area contributed by atoms with E-state index in [1.165, 1.54) is 16.3 Å². The van der Waals surface area contributed by atoms with Crippen LogP contribution in [0, 0.1) is 0 Å². The molecule has 8 nitrogen and oxygen atoms in total. The number of carboxylic acids is 1. The molecule has 1 unspecified atom stereocenters. The standard InChI is InChI=1S/C22H23N5O3S/c23-18(22(29)30)12-14-3-9-17(10-4-14)27(25)13-19(24)15-5-7-16(8-6-15)26-21(28)20-2-1-11-31-20/h1-11,13,18H,12,23-25H2,(H,26,28)(H,29,30)/b19-13-. The first kappa shape index (κ1) is 22.0. The quantitative estimate of drug-likeness (QED) is 0.269. The van der Waals surface area contributed by atoms with Gasteiger partial charge in [0.15, 0.2) is 0 Å². The second-order valence-corrected chi connectivity index (χ2v) is 7.76. The molecule has 1 aromatic heterocycles. The van der Waals surface area contributed by atoms with Gasteiger partial charge in [0.1, 0.15) is 6.04 Å². The van der Waals surface area contributed by atoms with E-state index in [1.807, 2.05) is 11.4 Å². The number of amides is 1. The molecule has 0 aliphatic heterocycles. The number of nitrogens with zero attached hydrogens (tertiary/aromatic N) is 1. The number of carboxylic acid groups (broad SMARTS) is 1. The molecule has 1 atom stereocenters. The van der Waals surface area contributed by atoms with Crippen molar-refractivity contribution in [2.75, 3.05) is 10.3 Å². The highest BCUT2D eigenvalue weighted by molar-refractivity contribution is 7.12. The molecule has 0 bridgehead atoms. The number of hydrogen-bond donors (Lipinski definition) is 5. The van der Waals surface area contributed by atoms with Crippen LogP contribution >= 0.6 is 11.3 Å². The topological polar surface area (TPSA) is 148 Å². The number of anilines is 2. The average molecular weight is 438 g/mol. The van der Waals surface area contributed by atoms with Gasteiger partial charge in [-0.15, -0.1) is 11.3 Å². The van der Waals surface area contributed by atoms with Crippen molar-refractivity contribution in [1.29, 1.82) is 0 Å². The zero-order valence-electron chi connectivity index (χ0n) is 16.6. The Morgan fingerprint density at radius 1 is 1.10 bits per heavy atom. The first-order chi connectivity index (χ1) is 14.8. The monoisotopic (exact) mass is 437 g/mol. The lowest BCUT2D eigenvalue weighted by molar-refractivity contribution is -0.138. The molecule has 31 heavy (non-hydrogen) atoms. The Morgan fingerprint density at radius 2 is 1.77 bits per heavy atom. The van der Waals surface area contributed by atoms with E-state index in [9.17, 15) is 9.59 Å². The molecule has 2 aromatic carbocycles. The predicted octanol–water partition coefficient (Wildman–Crippen LogP) is 2.59.